The molecular weight excluding hydrogens is 415 g/mol. The molecule has 2 aromatic rings. The highest BCUT2D eigenvalue weighted by molar-refractivity contribution is 6.21. The van der Waals surface area contributed by atoms with Crippen molar-refractivity contribution in [3.63, 3.8) is 0 Å². The van der Waals surface area contributed by atoms with E-state index in [1.165, 1.54) is 29.2 Å². The Labute approximate surface area is 184 Å². The van der Waals surface area contributed by atoms with Gasteiger partial charge in [0, 0.05) is 25.2 Å². The van der Waals surface area contributed by atoms with Gasteiger partial charge < -0.3 is 9.64 Å². The first-order valence-electron chi connectivity index (χ1n) is 10.6. The number of amides is 3. The molecule has 0 radical (unpaired) electrons. The zero-order chi connectivity index (χ0) is 22.7. The van der Waals surface area contributed by atoms with Gasteiger partial charge in [-0.15, -0.1) is 0 Å². The van der Waals surface area contributed by atoms with E-state index in [0.29, 0.717) is 42.5 Å². The van der Waals surface area contributed by atoms with Crippen molar-refractivity contribution in [1.29, 1.82) is 0 Å². The Morgan fingerprint density at radius 1 is 1.00 bits per heavy atom. The van der Waals surface area contributed by atoms with Crippen LogP contribution in [0.4, 0.5) is 4.39 Å². The van der Waals surface area contributed by atoms with Gasteiger partial charge in [0.1, 0.15) is 5.82 Å². The molecule has 1 atom stereocenters. The molecule has 0 aromatic heterocycles. The molecule has 1 saturated heterocycles. The van der Waals surface area contributed by atoms with Crippen molar-refractivity contribution in [2.45, 2.75) is 19.3 Å². The van der Waals surface area contributed by atoms with Crippen LogP contribution in [0.15, 0.2) is 48.5 Å². The first-order chi connectivity index (χ1) is 15.5. The molecule has 0 aliphatic carbocycles. The van der Waals surface area contributed by atoms with Crippen molar-refractivity contribution < 1.29 is 28.3 Å². The second-order valence-corrected chi connectivity index (χ2v) is 7.93. The number of benzene rings is 2. The van der Waals surface area contributed by atoms with Crippen molar-refractivity contribution in [3.05, 3.63) is 71.0 Å². The van der Waals surface area contributed by atoms with Gasteiger partial charge in [-0.05, 0) is 55.7 Å². The minimum Gasteiger partial charge on any atom is -0.465 e. The van der Waals surface area contributed by atoms with E-state index in [2.05, 4.69) is 0 Å². The normalized spacial score (nSPS) is 18.0. The van der Waals surface area contributed by atoms with E-state index in [4.69, 9.17) is 4.74 Å². The van der Waals surface area contributed by atoms with Crippen LogP contribution in [0.2, 0.25) is 0 Å². The fraction of sp³-hybridized carbons (Fsp3) is 0.333. The zero-order valence-corrected chi connectivity index (χ0v) is 17.5. The topological polar surface area (TPSA) is 84.0 Å². The summed E-state index contributed by atoms with van der Waals surface area (Å²) >= 11 is 0. The Bertz CT molecular complexity index is 1020. The Kier molecular flexibility index (Phi) is 6.30. The molecule has 2 aromatic carbocycles. The number of nitrogens with zero attached hydrogens (tertiary/aromatic N) is 2. The number of ether oxygens (including phenoxy) is 1. The molecule has 2 aliphatic rings. The number of rotatable bonds is 6. The van der Waals surface area contributed by atoms with Gasteiger partial charge >= 0.3 is 5.97 Å². The highest BCUT2D eigenvalue weighted by Gasteiger charge is 2.35. The van der Waals surface area contributed by atoms with E-state index in [-0.39, 0.29) is 37.4 Å². The van der Waals surface area contributed by atoms with E-state index >= 15 is 0 Å². The summed E-state index contributed by atoms with van der Waals surface area (Å²) in [6, 6.07) is 12.0. The van der Waals surface area contributed by atoms with Gasteiger partial charge in [-0.25, -0.2) is 4.39 Å². The van der Waals surface area contributed by atoms with Gasteiger partial charge in [0.25, 0.3) is 17.7 Å². The lowest BCUT2D eigenvalue weighted by Gasteiger charge is -2.31. The summed E-state index contributed by atoms with van der Waals surface area (Å²) in [5.41, 5.74) is 1.16. The molecule has 7 nitrogen and oxygen atoms in total. The predicted molar refractivity (Wildman–Crippen MR) is 112 cm³/mol. The molecule has 1 fully saturated rings. The van der Waals surface area contributed by atoms with Crippen LogP contribution < -0.4 is 0 Å². The standard InChI is InChI=1S/C24H23FN2O5/c25-18-10-8-16(9-11-18)21(28)26-12-3-5-17(15-26)24(31)32-14-4-13-27-22(29)19-6-1-2-7-20(19)23(27)30/h1-2,6-11,17H,3-5,12-15H2. The van der Waals surface area contributed by atoms with E-state index < -0.39 is 17.7 Å². The van der Waals surface area contributed by atoms with Crippen molar-refractivity contribution in [1.82, 2.24) is 9.80 Å². The van der Waals surface area contributed by atoms with Crippen LogP contribution in [-0.4, -0.2) is 59.7 Å². The Hall–Kier alpha value is -3.55. The lowest BCUT2D eigenvalue weighted by Crippen LogP contribution is -2.43. The summed E-state index contributed by atoms with van der Waals surface area (Å²) in [4.78, 5) is 52.6. The van der Waals surface area contributed by atoms with Gasteiger partial charge in [0.15, 0.2) is 0 Å². The molecule has 0 bridgehead atoms. The van der Waals surface area contributed by atoms with Gasteiger partial charge in [0.2, 0.25) is 0 Å². The summed E-state index contributed by atoms with van der Waals surface area (Å²) in [5, 5.41) is 0. The second kappa shape index (κ2) is 9.30. The maximum absolute atomic E-state index is 13.1. The molecule has 0 saturated carbocycles. The van der Waals surface area contributed by atoms with Crippen molar-refractivity contribution in [2.24, 2.45) is 5.92 Å². The van der Waals surface area contributed by atoms with Gasteiger partial charge in [0.05, 0.1) is 23.7 Å². The Morgan fingerprint density at radius 3 is 2.31 bits per heavy atom. The van der Waals surface area contributed by atoms with Gasteiger partial charge in [-0.1, -0.05) is 12.1 Å². The number of halogens is 1. The lowest BCUT2D eigenvalue weighted by molar-refractivity contribution is -0.150. The predicted octanol–water partition coefficient (Wildman–Crippen LogP) is 2.91. The summed E-state index contributed by atoms with van der Waals surface area (Å²) in [7, 11) is 0. The van der Waals surface area contributed by atoms with Crippen LogP contribution in [0.3, 0.4) is 0 Å². The maximum Gasteiger partial charge on any atom is 0.310 e. The number of hydrogen-bond donors (Lipinski definition) is 0. The van der Waals surface area contributed by atoms with E-state index in [0.717, 1.165) is 0 Å². The SMILES string of the molecule is O=C(OCCCN1C(=O)c2ccccc2C1=O)C1CCCN(C(=O)c2ccc(F)cc2)C1. The number of imide groups is 1. The smallest absolute Gasteiger partial charge is 0.310 e. The molecule has 8 heteroatoms. The number of piperidine rings is 1. The molecule has 3 amide bonds. The van der Waals surface area contributed by atoms with Crippen LogP contribution in [0.5, 0.6) is 0 Å². The highest BCUT2D eigenvalue weighted by Crippen LogP contribution is 2.23. The third-order valence-corrected chi connectivity index (χ3v) is 5.78. The zero-order valence-electron chi connectivity index (χ0n) is 17.5. The van der Waals surface area contributed by atoms with Crippen molar-refractivity contribution in [2.75, 3.05) is 26.2 Å². The first-order valence-corrected chi connectivity index (χ1v) is 10.6. The number of esters is 1. The molecule has 2 aliphatic heterocycles. The fourth-order valence-electron chi connectivity index (χ4n) is 4.08. The second-order valence-electron chi connectivity index (χ2n) is 7.93. The average Bonchev–Trinajstić information content (AvgIpc) is 3.06. The fourth-order valence-corrected chi connectivity index (χ4v) is 4.08. The van der Waals surface area contributed by atoms with Crippen LogP contribution in [-0.2, 0) is 9.53 Å². The molecule has 0 N–H and O–H groups in total. The van der Waals surface area contributed by atoms with Gasteiger partial charge in [-0.3, -0.25) is 24.1 Å². The number of fused-ring (bicyclic) bond motifs is 1. The summed E-state index contributed by atoms with van der Waals surface area (Å²) in [6.07, 6.45) is 1.62. The van der Waals surface area contributed by atoms with Crippen LogP contribution >= 0.6 is 0 Å². The summed E-state index contributed by atoms with van der Waals surface area (Å²) in [6.45, 7) is 1.02. The Morgan fingerprint density at radius 2 is 1.66 bits per heavy atom. The molecule has 2 heterocycles. The van der Waals surface area contributed by atoms with Gasteiger partial charge in [-0.2, -0.15) is 0 Å². The van der Waals surface area contributed by atoms with Crippen molar-refractivity contribution in [3.8, 4) is 0 Å². The third-order valence-electron chi connectivity index (χ3n) is 5.78. The molecular formula is C24H23FN2O5. The number of hydrogen-bond acceptors (Lipinski definition) is 5. The number of carbonyl (C=O) groups excluding carboxylic acids is 4. The minimum atomic E-state index is -0.438. The molecule has 166 valence electrons. The summed E-state index contributed by atoms with van der Waals surface area (Å²) in [5.74, 6) is -2.16. The first kappa shape index (κ1) is 21.7. The van der Waals surface area contributed by atoms with E-state index in [9.17, 15) is 23.6 Å². The summed E-state index contributed by atoms with van der Waals surface area (Å²) < 4.78 is 18.5. The van der Waals surface area contributed by atoms with Crippen LogP contribution in [0.1, 0.15) is 50.3 Å². The molecule has 32 heavy (non-hydrogen) atoms. The van der Waals surface area contributed by atoms with E-state index in [1.54, 1.807) is 29.2 Å². The Balaban J connectivity index is 1.25. The molecule has 4 rings (SSSR count). The quantitative estimate of drug-likeness (QED) is 0.393. The van der Waals surface area contributed by atoms with Crippen molar-refractivity contribution >= 4 is 23.7 Å². The molecule has 0 spiro atoms. The monoisotopic (exact) mass is 438 g/mol. The number of carbonyl (C=O) groups is 4. The lowest BCUT2D eigenvalue weighted by atomic mass is 9.97. The van der Waals surface area contributed by atoms with E-state index in [1.807, 2.05) is 0 Å². The maximum atomic E-state index is 13.1. The molecule has 1 unspecified atom stereocenters. The largest absolute Gasteiger partial charge is 0.465 e. The van der Waals surface area contributed by atoms with Crippen LogP contribution in [0, 0.1) is 11.7 Å². The minimum absolute atomic E-state index is 0.0780. The average molecular weight is 438 g/mol. The van der Waals surface area contributed by atoms with Crippen LogP contribution in [0.25, 0.3) is 0 Å². The number of likely N-dealkylation sites (tertiary alicyclic amines) is 1. The highest BCUT2D eigenvalue weighted by atomic mass is 19.1. The third kappa shape index (κ3) is 4.39.